The predicted molar refractivity (Wildman–Crippen MR) is 121 cm³/mol. The molecule has 0 N–H and O–H groups in total. The Bertz CT molecular complexity index is 1300. The van der Waals surface area contributed by atoms with Gasteiger partial charge in [0.2, 0.25) is 10.0 Å². The van der Waals surface area contributed by atoms with E-state index < -0.39 is 15.9 Å². The van der Waals surface area contributed by atoms with E-state index in [9.17, 15) is 13.2 Å². The number of amides is 1. The number of nitrogens with zero attached hydrogens (tertiary/aromatic N) is 3. The molecule has 7 nitrogen and oxygen atoms in total. The van der Waals surface area contributed by atoms with Crippen molar-refractivity contribution in [2.45, 2.75) is 17.7 Å². The predicted octanol–water partition coefficient (Wildman–Crippen LogP) is 3.43. The van der Waals surface area contributed by atoms with Crippen molar-refractivity contribution in [1.29, 1.82) is 0 Å². The Morgan fingerprint density at radius 2 is 1.97 bits per heavy atom. The van der Waals surface area contributed by atoms with Crippen LogP contribution in [0.5, 0.6) is 5.75 Å². The third kappa shape index (κ3) is 4.41. The number of carbonyl (C=O) groups is 1. The van der Waals surface area contributed by atoms with Gasteiger partial charge in [0, 0.05) is 25.2 Å². The van der Waals surface area contributed by atoms with Gasteiger partial charge in [-0.2, -0.15) is 9.30 Å². The highest BCUT2D eigenvalue weighted by Crippen LogP contribution is 2.26. The fourth-order valence-corrected chi connectivity index (χ4v) is 6.48. The third-order valence-corrected chi connectivity index (χ3v) is 8.62. The van der Waals surface area contributed by atoms with Gasteiger partial charge in [-0.05, 0) is 55.3 Å². The summed E-state index contributed by atoms with van der Waals surface area (Å²) in [6.45, 7) is 0.504. The van der Waals surface area contributed by atoms with Crippen molar-refractivity contribution in [3.05, 3.63) is 52.3 Å². The average Bonchev–Trinajstić information content (AvgIpc) is 3.08. The summed E-state index contributed by atoms with van der Waals surface area (Å²) in [4.78, 5) is 18.0. The molecule has 0 saturated carbocycles. The first-order valence-corrected chi connectivity index (χ1v) is 12.4. The number of benzene rings is 2. The second-order valence-electron chi connectivity index (χ2n) is 7.38. The maximum atomic E-state index is 13.0. The summed E-state index contributed by atoms with van der Waals surface area (Å²) in [6.07, 6.45) is 1.22. The van der Waals surface area contributed by atoms with E-state index in [1.807, 2.05) is 23.7 Å². The van der Waals surface area contributed by atoms with Crippen molar-refractivity contribution in [3.8, 4) is 5.75 Å². The van der Waals surface area contributed by atoms with Gasteiger partial charge in [-0.1, -0.05) is 22.9 Å². The number of halogens is 1. The maximum Gasteiger partial charge on any atom is 0.252 e. The summed E-state index contributed by atoms with van der Waals surface area (Å²) in [5, 5.41) is 0.624. The van der Waals surface area contributed by atoms with E-state index in [-0.39, 0.29) is 17.3 Å². The molecule has 4 rings (SSSR count). The van der Waals surface area contributed by atoms with Crippen LogP contribution in [-0.4, -0.2) is 43.4 Å². The van der Waals surface area contributed by atoms with Crippen LogP contribution in [0.4, 0.5) is 0 Å². The number of aromatic nitrogens is 1. The lowest BCUT2D eigenvalue weighted by atomic mass is 9.99. The number of methoxy groups -OCH3 is 1. The molecule has 3 aromatic rings. The molecule has 1 aliphatic heterocycles. The minimum Gasteiger partial charge on any atom is -0.497 e. The standard InChI is InChI=1S/C21H22ClN3O4S2/c1-24-18-10-5-15(22)12-19(18)30-21(24)23-20(26)14-4-3-11-25(13-14)31(27,28)17-8-6-16(29-2)7-9-17/h5-10,12,14H,3-4,11,13H2,1-2H3. The highest BCUT2D eigenvalue weighted by Gasteiger charge is 2.33. The molecular weight excluding hydrogens is 458 g/mol. The van der Waals surface area contributed by atoms with E-state index in [0.717, 1.165) is 10.2 Å². The Balaban J connectivity index is 1.57. The number of ether oxygens (including phenoxy) is 1. The van der Waals surface area contributed by atoms with Crippen LogP contribution in [0.3, 0.4) is 0 Å². The number of carbonyl (C=O) groups excluding carboxylic acids is 1. The van der Waals surface area contributed by atoms with Crippen LogP contribution in [0, 0.1) is 5.92 Å². The number of rotatable bonds is 4. The van der Waals surface area contributed by atoms with Crippen LogP contribution in [-0.2, 0) is 21.9 Å². The van der Waals surface area contributed by atoms with Crippen LogP contribution < -0.4 is 9.54 Å². The summed E-state index contributed by atoms with van der Waals surface area (Å²) >= 11 is 7.45. The minimum absolute atomic E-state index is 0.122. The van der Waals surface area contributed by atoms with Gasteiger partial charge in [-0.25, -0.2) is 8.42 Å². The zero-order valence-corrected chi connectivity index (χ0v) is 19.5. The zero-order valence-electron chi connectivity index (χ0n) is 17.1. The first kappa shape index (κ1) is 22.0. The number of aryl methyl sites for hydroxylation is 1. The van der Waals surface area contributed by atoms with Gasteiger partial charge in [-0.15, -0.1) is 0 Å². The summed E-state index contributed by atoms with van der Waals surface area (Å²) < 4.78 is 35.4. The second-order valence-corrected chi connectivity index (χ2v) is 10.8. The summed E-state index contributed by atoms with van der Waals surface area (Å²) in [7, 11) is -0.319. The molecule has 10 heteroatoms. The first-order valence-electron chi connectivity index (χ1n) is 9.77. The largest absolute Gasteiger partial charge is 0.497 e. The highest BCUT2D eigenvalue weighted by atomic mass is 35.5. The van der Waals surface area contributed by atoms with Crippen LogP contribution in [0.2, 0.25) is 5.02 Å². The number of hydrogen-bond donors (Lipinski definition) is 0. The molecule has 1 fully saturated rings. The maximum absolute atomic E-state index is 13.0. The fraction of sp³-hybridized carbons (Fsp3) is 0.333. The topological polar surface area (TPSA) is 81.0 Å². The molecule has 0 radical (unpaired) electrons. The van der Waals surface area contributed by atoms with E-state index in [2.05, 4.69) is 4.99 Å². The van der Waals surface area contributed by atoms with E-state index in [4.69, 9.17) is 16.3 Å². The second kappa shape index (κ2) is 8.74. The lowest BCUT2D eigenvalue weighted by Crippen LogP contribution is -2.42. The molecule has 1 atom stereocenters. The molecule has 164 valence electrons. The monoisotopic (exact) mass is 479 g/mol. The molecule has 31 heavy (non-hydrogen) atoms. The van der Waals surface area contributed by atoms with Gasteiger partial charge < -0.3 is 9.30 Å². The summed E-state index contributed by atoms with van der Waals surface area (Å²) in [5.74, 6) is -0.194. The Labute approximate surface area is 189 Å². The normalized spacial score (nSPS) is 18.4. The Morgan fingerprint density at radius 1 is 1.23 bits per heavy atom. The Hall–Kier alpha value is -2.20. The molecule has 2 heterocycles. The van der Waals surface area contributed by atoms with E-state index in [0.29, 0.717) is 35.0 Å². The van der Waals surface area contributed by atoms with Crippen molar-refractivity contribution in [2.24, 2.45) is 18.0 Å². The molecule has 0 spiro atoms. The number of sulfonamides is 1. The van der Waals surface area contributed by atoms with Gasteiger partial charge in [0.05, 0.1) is 28.1 Å². The molecule has 1 saturated heterocycles. The van der Waals surface area contributed by atoms with Gasteiger partial charge in [0.15, 0.2) is 4.80 Å². The number of hydrogen-bond acceptors (Lipinski definition) is 5. The Kier molecular flexibility index (Phi) is 6.20. The van der Waals surface area contributed by atoms with Crippen LogP contribution in [0.15, 0.2) is 52.4 Å². The molecule has 1 aromatic heterocycles. The van der Waals surface area contributed by atoms with Crippen molar-refractivity contribution in [3.63, 3.8) is 0 Å². The third-order valence-electron chi connectivity index (χ3n) is 5.41. The lowest BCUT2D eigenvalue weighted by molar-refractivity contribution is -0.122. The van der Waals surface area contributed by atoms with Crippen molar-refractivity contribution < 1.29 is 17.9 Å². The molecule has 1 unspecified atom stereocenters. The van der Waals surface area contributed by atoms with Gasteiger partial charge in [0.1, 0.15) is 5.75 Å². The van der Waals surface area contributed by atoms with Gasteiger partial charge in [0.25, 0.3) is 5.91 Å². The Morgan fingerprint density at radius 3 is 2.68 bits per heavy atom. The number of piperidine rings is 1. The summed E-state index contributed by atoms with van der Waals surface area (Å²) in [5.41, 5.74) is 0.938. The van der Waals surface area contributed by atoms with Crippen LogP contribution in [0.25, 0.3) is 10.2 Å². The van der Waals surface area contributed by atoms with Crippen molar-refractivity contribution in [2.75, 3.05) is 20.2 Å². The highest BCUT2D eigenvalue weighted by molar-refractivity contribution is 7.89. The zero-order chi connectivity index (χ0) is 22.2. The van der Waals surface area contributed by atoms with Crippen molar-refractivity contribution >= 4 is 49.1 Å². The SMILES string of the molecule is COc1ccc(S(=O)(=O)N2CCCC(C(=O)N=c3sc4cc(Cl)ccc4n3C)C2)cc1. The van der Waals surface area contributed by atoms with Gasteiger partial charge >= 0.3 is 0 Å². The quantitative estimate of drug-likeness (QED) is 0.574. The smallest absolute Gasteiger partial charge is 0.252 e. The molecule has 0 bridgehead atoms. The molecular formula is C21H22ClN3O4S2. The minimum atomic E-state index is -3.69. The number of fused-ring (bicyclic) bond motifs is 1. The first-order chi connectivity index (χ1) is 14.8. The molecule has 0 aliphatic carbocycles. The fourth-order valence-electron chi connectivity index (χ4n) is 3.66. The lowest BCUT2D eigenvalue weighted by Gasteiger charge is -2.30. The van der Waals surface area contributed by atoms with E-state index >= 15 is 0 Å². The number of thiazole rings is 1. The molecule has 1 aliphatic rings. The van der Waals surface area contributed by atoms with E-state index in [1.54, 1.807) is 18.2 Å². The van der Waals surface area contributed by atoms with Crippen molar-refractivity contribution in [1.82, 2.24) is 8.87 Å². The van der Waals surface area contributed by atoms with Gasteiger partial charge in [-0.3, -0.25) is 4.79 Å². The summed E-state index contributed by atoms with van der Waals surface area (Å²) in [6, 6.07) is 11.8. The molecule has 1 amide bonds. The van der Waals surface area contributed by atoms with E-state index in [1.165, 1.54) is 34.9 Å². The molecule has 2 aromatic carbocycles. The average molecular weight is 480 g/mol. The van der Waals surface area contributed by atoms with Crippen LogP contribution >= 0.6 is 22.9 Å². The van der Waals surface area contributed by atoms with Crippen LogP contribution in [0.1, 0.15) is 12.8 Å².